The lowest BCUT2D eigenvalue weighted by Gasteiger charge is -2.10. The molecule has 0 spiro atoms. The first-order chi connectivity index (χ1) is 12.4. The molecule has 0 fully saturated rings. The molecule has 0 saturated carbocycles. The number of nitro groups is 2. The Balaban J connectivity index is 2.21. The monoisotopic (exact) mass is 353 g/mol. The van der Waals surface area contributed by atoms with Crippen molar-refractivity contribution in [1.82, 2.24) is 0 Å². The molecule has 1 amide bonds. The van der Waals surface area contributed by atoms with Crippen LogP contribution in [0.1, 0.15) is 10.4 Å². The van der Waals surface area contributed by atoms with E-state index in [-0.39, 0.29) is 22.0 Å². The topological polar surface area (TPSA) is 136 Å². The Bertz CT molecular complexity index is 1050. The predicted molar refractivity (Wildman–Crippen MR) is 93.3 cm³/mol. The molecule has 0 atom stereocenters. The van der Waals surface area contributed by atoms with Crippen LogP contribution in [0.25, 0.3) is 10.8 Å². The lowest BCUT2D eigenvalue weighted by atomic mass is 10.0. The van der Waals surface area contributed by atoms with Gasteiger partial charge in [0.1, 0.15) is 0 Å². The van der Waals surface area contributed by atoms with Crippen LogP contribution in [-0.2, 0) is 0 Å². The van der Waals surface area contributed by atoms with Crippen molar-refractivity contribution in [1.29, 1.82) is 0 Å². The summed E-state index contributed by atoms with van der Waals surface area (Å²) in [7, 11) is 0. The highest BCUT2D eigenvalue weighted by Crippen LogP contribution is 2.38. The van der Waals surface area contributed by atoms with Crippen LogP contribution in [0.5, 0.6) is 5.75 Å². The van der Waals surface area contributed by atoms with Gasteiger partial charge in [0.25, 0.3) is 11.6 Å². The molecule has 3 rings (SSSR count). The molecule has 130 valence electrons. The number of aromatic hydroxyl groups is 1. The van der Waals surface area contributed by atoms with Gasteiger partial charge >= 0.3 is 5.69 Å². The lowest BCUT2D eigenvalue weighted by molar-refractivity contribution is -0.385. The van der Waals surface area contributed by atoms with E-state index in [9.17, 15) is 30.1 Å². The zero-order valence-electron chi connectivity index (χ0n) is 13.1. The standard InChI is InChI=1S/C17H11N3O6/c21-16-14(20(25)26)9-10-8-12(19(23)24)6-7-13(10)15(16)17(22)18-11-4-2-1-3-5-11/h1-9,21H,(H,18,22). The van der Waals surface area contributed by atoms with Crippen LogP contribution in [0.2, 0.25) is 0 Å². The number of nitro benzene ring substituents is 2. The number of nitrogens with one attached hydrogen (secondary N) is 1. The fourth-order valence-corrected chi connectivity index (χ4v) is 2.57. The van der Waals surface area contributed by atoms with Crippen molar-refractivity contribution in [2.75, 3.05) is 5.32 Å². The molecule has 0 bridgehead atoms. The molecule has 0 heterocycles. The van der Waals surface area contributed by atoms with Crippen molar-refractivity contribution in [2.45, 2.75) is 0 Å². The van der Waals surface area contributed by atoms with Gasteiger partial charge in [-0.05, 0) is 29.0 Å². The van der Waals surface area contributed by atoms with Crippen molar-refractivity contribution in [3.05, 3.63) is 80.4 Å². The largest absolute Gasteiger partial charge is 0.502 e. The number of benzene rings is 3. The number of non-ortho nitro benzene ring substituents is 1. The first kappa shape index (κ1) is 16.8. The number of amides is 1. The number of hydrogen-bond donors (Lipinski definition) is 2. The molecule has 0 aliphatic carbocycles. The van der Waals surface area contributed by atoms with Crippen LogP contribution in [0.4, 0.5) is 17.1 Å². The van der Waals surface area contributed by atoms with Gasteiger partial charge in [-0.1, -0.05) is 18.2 Å². The highest BCUT2D eigenvalue weighted by atomic mass is 16.6. The molecule has 0 aromatic heterocycles. The van der Waals surface area contributed by atoms with Gasteiger partial charge in [0.2, 0.25) is 5.75 Å². The molecular formula is C17H11N3O6. The van der Waals surface area contributed by atoms with Crippen LogP contribution in [0.15, 0.2) is 54.6 Å². The molecule has 26 heavy (non-hydrogen) atoms. The van der Waals surface area contributed by atoms with E-state index < -0.39 is 27.2 Å². The average molecular weight is 353 g/mol. The Labute approximate surface area is 145 Å². The van der Waals surface area contributed by atoms with Gasteiger partial charge in [-0.3, -0.25) is 25.0 Å². The summed E-state index contributed by atoms with van der Waals surface area (Å²) in [4.78, 5) is 33.2. The van der Waals surface area contributed by atoms with Gasteiger partial charge in [0.15, 0.2) is 0 Å². The van der Waals surface area contributed by atoms with Crippen LogP contribution in [-0.4, -0.2) is 20.9 Å². The summed E-state index contributed by atoms with van der Waals surface area (Å²) in [5.74, 6) is -1.57. The van der Waals surface area contributed by atoms with E-state index >= 15 is 0 Å². The Morgan fingerprint density at radius 3 is 2.27 bits per heavy atom. The minimum atomic E-state index is -0.854. The summed E-state index contributed by atoms with van der Waals surface area (Å²) in [6, 6.07) is 12.9. The summed E-state index contributed by atoms with van der Waals surface area (Å²) in [6.45, 7) is 0. The van der Waals surface area contributed by atoms with Crippen LogP contribution in [0, 0.1) is 20.2 Å². The second-order valence-corrected chi connectivity index (χ2v) is 5.36. The van der Waals surface area contributed by atoms with Gasteiger partial charge in [-0.2, -0.15) is 0 Å². The molecule has 0 saturated heterocycles. The van der Waals surface area contributed by atoms with Gasteiger partial charge in [-0.15, -0.1) is 0 Å². The second kappa shape index (κ2) is 6.48. The quantitative estimate of drug-likeness (QED) is 0.543. The molecular weight excluding hydrogens is 342 g/mol. The third-order valence-electron chi connectivity index (χ3n) is 3.74. The Morgan fingerprint density at radius 2 is 1.65 bits per heavy atom. The maximum Gasteiger partial charge on any atom is 0.312 e. The summed E-state index contributed by atoms with van der Waals surface area (Å²) in [6.07, 6.45) is 0. The second-order valence-electron chi connectivity index (χ2n) is 5.36. The molecule has 3 aromatic rings. The maximum atomic E-state index is 12.6. The number of fused-ring (bicyclic) bond motifs is 1. The van der Waals surface area contributed by atoms with Gasteiger partial charge in [0, 0.05) is 23.9 Å². The van der Waals surface area contributed by atoms with Crippen molar-refractivity contribution >= 4 is 33.7 Å². The van der Waals surface area contributed by atoms with E-state index in [1.807, 2.05) is 0 Å². The number of phenols is 1. The molecule has 0 aliphatic heterocycles. The number of carbonyl (C=O) groups excluding carboxylic acids is 1. The Hall–Kier alpha value is -4.01. The molecule has 0 radical (unpaired) electrons. The van der Waals surface area contributed by atoms with Gasteiger partial charge in [-0.25, -0.2) is 0 Å². The predicted octanol–water partition coefficient (Wildman–Crippen LogP) is 3.61. The number of rotatable bonds is 4. The number of phenolic OH excluding ortho intramolecular Hbond substituents is 1. The third-order valence-corrected chi connectivity index (χ3v) is 3.74. The fraction of sp³-hybridized carbons (Fsp3) is 0. The highest BCUT2D eigenvalue weighted by molar-refractivity contribution is 6.16. The molecule has 3 aromatic carbocycles. The van der Waals surface area contributed by atoms with Crippen molar-refractivity contribution in [3.8, 4) is 5.75 Å². The van der Waals surface area contributed by atoms with Crippen molar-refractivity contribution < 1.29 is 19.7 Å². The van der Waals surface area contributed by atoms with Crippen LogP contribution < -0.4 is 5.32 Å². The number of hydrogen-bond acceptors (Lipinski definition) is 6. The molecule has 0 unspecified atom stereocenters. The van der Waals surface area contributed by atoms with E-state index in [4.69, 9.17) is 0 Å². The van der Waals surface area contributed by atoms with E-state index in [1.54, 1.807) is 30.3 Å². The van der Waals surface area contributed by atoms with E-state index in [0.717, 1.165) is 18.2 Å². The van der Waals surface area contributed by atoms with Gasteiger partial charge in [0.05, 0.1) is 15.4 Å². The minimum Gasteiger partial charge on any atom is -0.502 e. The van der Waals surface area contributed by atoms with Crippen LogP contribution in [0.3, 0.4) is 0 Å². The van der Waals surface area contributed by atoms with Crippen molar-refractivity contribution in [3.63, 3.8) is 0 Å². The van der Waals surface area contributed by atoms with E-state index in [0.29, 0.717) is 5.69 Å². The molecule has 0 aliphatic rings. The minimum absolute atomic E-state index is 0.0990. The van der Waals surface area contributed by atoms with Gasteiger partial charge < -0.3 is 10.4 Å². The third kappa shape index (κ3) is 3.00. The maximum absolute atomic E-state index is 12.6. The first-order valence-electron chi connectivity index (χ1n) is 7.33. The number of para-hydroxylation sites is 1. The summed E-state index contributed by atoms with van der Waals surface area (Å²) >= 11 is 0. The number of nitrogens with zero attached hydrogens (tertiary/aromatic N) is 2. The normalized spacial score (nSPS) is 10.5. The molecule has 9 nitrogen and oxygen atoms in total. The van der Waals surface area contributed by atoms with Crippen molar-refractivity contribution in [2.24, 2.45) is 0 Å². The zero-order valence-corrected chi connectivity index (χ0v) is 13.1. The number of anilines is 1. The first-order valence-corrected chi connectivity index (χ1v) is 7.33. The van der Waals surface area contributed by atoms with E-state index in [1.165, 1.54) is 6.07 Å². The summed E-state index contributed by atoms with van der Waals surface area (Å²) in [5, 5.41) is 35.2. The summed E-state index contributed by atoms with van der Waals surface area (Å²) < 4.78 is 0. The van der Waals surface area contributed by atoms with Crippen LogP contribution >= 0.6 is 0 Å². The SMILES string of the molecule is O=C(Nc1ccccc1)c1c(O)c([N+](=O)[O-])cc2cc([N+](=O)[O-])ccc12. The lowest BCUT2D eigenvalue weighted by Crippen LogP contribution is -2.13. The smallest absolute Gasteiger partial charge is 0.312 e. The zero-order chi connectivity index (χ0) is 18.8. The molecule has 2 N–H and O–H groups in total. The summed E-state index contributed by atoms with van der Waals surface area (Å²) in [5.41, 5.74) is -0.894. The molecule has 9 heteroatoms. The number of carbonyl (C=O) groups is 1. The fourth-order valence-electron chi connectivity index (χ4n) is 2.57. The Kier molecular flexibility index (Phi) is 4.19. The highest BCUT2D eigenvalue weighted by Gasteiger charge is 2.26. The van der Waals surface area contributed by atoms with E-state index in [2.05, 4.69) is 5.32 Å². The Morgan fingerprint density at radius 1 is 0.962 bits per heavy atom. The average Bonchev–Trinajstić information content (AvgIpc) is 2.61.